The zero-order chi connectivity index (χ0) is 11.4. The van der Waals surface area contributed by atoms with Gasteiger partial charge in [-0.1, -0.05) is 17.8 Å². The van der Waals surface area contributed by atoms with Crippen LogP contribution in [0.5, 0.6) is 0 Å². The number of piperidine rings is 1. The van der Waals surface area contributed by atoms with Crippen molar-refractivity contribution in [1.29, 1.82) is 0 Å². The predicted molar refractivity (Wildman–Crippen MR) is 72.2 cm³/mol. The fourth-order valence-corrected chi connectivity index (χ4v) is 4.15. The number of hydrogen-bond donors (Lipinski definition) is 2. The van der Waals surface area contributed by atoms with Crippen molar-refractivity contribution >= 4 is 28.2 Å². The lowest BCUT2D eigenvalue weighted by molar-refractivity contribution is 0.395. The molecule has 1 aliphatic rings. The first-order chi connectivity index (χ1) is 7.75. The number of nitrogen functional groups attached to an aromatic ring is 1. The minimum atomic E-state index is 0.691. The second-order valence-electron chi connectivity index (χ2n) is 4.21. The minimum Gasteiger partial charge on any atom is -0.375 e. The van der Waals surface area contributed by atoms with E-state index in [0.29, 0.717) is 5.13 Å². The first-order valence-electron chi connectivity index (χ1n) is 5.85. The van der Waals surface area contributed by atoms with Gasteiger partial charge in [-0.2, -0.15) is 0 Å². The number of aromatic nitrogens is 1. The van der Waals surface area contributed by atoms with Crippen LogP contribution in [0.3, 0.4) is 0 Å². The molecular weight excluding hydrogens is 238 g/mol. The van der Waals surface area contributed by atoms with Gasteiger partial charge in [-0.15, -0.1) is 11.8 Å². The van der Waals surface area contributed by atoms with Crippen molar-refractivity contribution in [3.8, 4) is 0 Å². The fraction of sp³-hybridized carbons (Fsp3) is 0.727. The Labute approximate surface area is 105 Å². The van der Waals surface area contributed by atoms with Gasteiger partial charge in [0.05, 0.1) is 9.90 Å². The summed E-state index contributed by atoms with van der Waals surface area (Å²) in [5.74, 6) is 1.17. The van der Waals surface area contributed by atoms with Gasteiger partial charge in [0.1, 0.15) is 0 Å². The van der Waals surface area contributed by atoms with E-state index in [1.807, 2.05) is 18.7 Å². The quantitative estimate of drug-likeness (QED) is 0.814. The van der Waals surface area contributed by atoms with Gasteiger partial charge < -0.3 is 11.1 Å². The van der Waals surface area contributed by atoms with Gasteiger partial charge in [0.25, 0.3) is 0 Å². The number of nitrogens with zero attached hydrogens (tertiary/aromatic N) is 1. The van der Waals surface area contributed by atoms with Gasteiger partial charge in [0.15, 0.2) is 5.13 Å². The number of nitrogens with one attached hydrogen (secondary N) is 1. The SMILES string of the molecule is Cc1nc(N)sc1SCCC1CCCCN1. The third-order valence-corrected chi connectivity index (χ3v) is 5.26. The van der Waals surface area contributed by atoms with Gasteiger partial charge in [0, 0.05) is 11.8 Å². The zero-order valence-electron chi connectivity index (χ0n) is 9.66. The Morgan fingerprint density at radius 1 is 1.56 bits per heavy atom. The molecule has 5 heteroatoms. The topological polar surface area (TPSA) is 50.9 Å². The van der Waals surface area contributed by atoms with Crippen molar-refractivity contribution in [2.75, 3.05) is 18.0 Å². The van der Waals surface area contributed by atoms with Crippen molar-refractivity contribution in [3.05, 3.63) is 5.69 Å². The van der Waals surface area contributed by atoms with Crippen molar-refractivity contribution < 1.29 is 0 Å². The Bertz CT molecular complexity index is 332. The van der Waals surface area contributed by atoms with E-state index in [0.717, 1.165) is 11.7 Å². The van der Waals surface area contributed by atoms with E-state index in [2.05, 4.69) is 10.3 Å². The van der Waals surface area contributed by atoms with Crippen LogP contribution in [-0.4, -0.2) is 23.3 Å². The summed E-state index contributed by atoms with van der Waals surface area (Å²) >= 11 is 3.51. The lowest BCUT2D eigenvalue weighted by Crippen LogP contribution is -2.34. The molecule has 0 amide bonds. The molecule has 2 rings (SSSR count). The summed E-state index contributed by atoms with van der Waals surface area (Å²) in [7, 11) is 0. The van der Waals surface area contributed by atoms with Crippen LogP contribution in [0.15, 0.2) is 4.21 Å². The molecule has 1 aromatic heterocycles. The summed E-state index contributed by atoms with van der Waals surface area (Å²) in [5, 5.41) is 4.27. The Morgan fingerprint density at radius 3 is 3.06 bits per heavy atom. The first-order valence-corrected chi connectivity index (χ1v) is 7.65. The molecule has 1 aromatic rings. The molecule has 16 heavy (non-hydrogen) atoms. The molecule has 0 aromatic carbocycles. The molecule has 1 atom stereocenters. The van der Waals surface area contributed by atoms with Crippen LogP contribution < -0.4 is 11.1 Å². The van der Waals surface area contributed by atoms with Crippen LogP contribution in [0, 0.1) is 6.92 Å². The van der Waals surface area contributed by atoms with E-state index >= 15 is 0 Å². The third-order valence-electron chi connectivity index (χ3n) is 2.88. The molecule has 0 bridgehead atoms. The number of anilines is 1. The fourth-order valence-electron chi connectivity index (χ4n) is 2.00. The van der Waals surface area contributed by atoms with Gasteiger partial charge in [0.2, 0.25) is 0 Å². The van der Waals surface area contributed by atoms with Crippen LogP contribution in [0.4, 0.5) is 5.13 Å². The number of hydrogen-bond acceptors (Lipinski definition) is 5. The maximum atomic E-state index is 5.68. The Morgan fingerprint density at radius 2 is 2.44 bits per heavy atom. The van der Waals surface area contributed by atoms with E-state index in [9.17, 15) is 0 Å². The summed E-state index contributed by atoms with van der Waals surface area (Å²) in [6.45, 7) is 3.23. The number of nitrogens with two attached hydrogens (primary N) is 1. The predicted octanol–water partition coefficient (Wildman–Crippen LogP) is 2.66. The van der Waals surface area contributed by atoms with Gasteiger partial charge >= 0.3 is 0 Å². The van der Waals surface area contributed by atoms with Crippen molar-refractivity contribution in [1.82, 2.24) is 10.3 Å². The Kier molecular flexibility index (Phi) is 4.49. The normalized spacial score (nSPS) is 21.2. The van der Waals surface area contributed by atoms with Crippen LogP contribution in [0.1, 0.15) is 31.4 Å². The second-order valence-corrected chi connectivity index (χ2v) is 6.60. The molecule has 2 heterocycles. The van der Waals surface area contributed by atoms with Crippen LogP contribution in [0.2, 0.25) is 0 Å². The number of thiazole rings is 1. The lowest BCUT2D eigenvalue weighted by Gasteiger charge is -2.22. The van der Waals surface area contributed by atoms with Crippen molar-refractivity contribution in [2.24, 2.45) is 0 Å². The highest BCUT2D eigenvalue weighted by molar-refractivity contribution is 8.01. The highest BCUT2D eigenvalue weighted by atomic mass is 32.2. The maximum Gasteiger partial charge on any atom is 0.181 e. The highest BCUT2D eigenvalue weighted by Crippen LogP contribution is 2.31. The molecule has 0 saturated carbocycles. The summed E-state index contributed by atoms with van der Waals surface area (Å²) in [4.78, 5) is 4.24. The maximum absolute atomic E-state index is 5.68. The highest BCUT2D eigenvalue weighted by Gasteiger charge is 2.13. The molecule has 3 N–H and O–H groups in total. The summed E-state index contributed by atoms with van der Waals surface area (Å²) in [6, 6.07) is 0.729. The molecule has 90 valence electrons. The molecule has 1 saturated heterocycles. The number of aryl methyl sites for hydroxylation is 1. The molecule has 1 aliphatic heterocycles. The third kappa shape index (κ3) is 3.37. The molecular formula is C11H19N3S2. The van der Waals surface area contributed by atoms with E-state index in [1.54, 1.807) is 11.3 Å². The molecule has 1 unspecified atom stereocenters. The molecule has 0 spiro atoms. The molecule has 1 fully saturated rings. The monoisotopic (exact) mass is 257 g/mol. The van der Waals surface area contributed by atoms with Gasteiger partial charge in [-0.3, -0.25) is 0 Å². The second kappa shape index (κ2) is 5.89. The average molecular weight is 257 g/mol. The van der Waals surface area contributed by atoms with Crippen LogP contribution >= 0.6 is 23.1 Å². The van der Waals surface area contributed by atoms with Crippen molar-refractivity contribution in [2.45, 2.75) is 42.9 Å². The van der Waals surface area contributed by atoms with Gasteiger partial charge in [-0.25, -0.2) is 4.98 Å². The van der Waals surface area contributed by atoms with E-state index in [-0.39, 0.29) is 0 Å². The smallest absolute Gasteiger partial charge is 0.181 e. The van der Waals surface area contributed by atoms with E-state index in [4.69, 9.17) is 5.73 Å². The van der Waals surface area contributed by atoms with E-state index in [1.165, 1.54) is 42.2 Å². The molecule has 3 nitrogen and oxygen atoms in total. The van der Waals surface area contributed by atoms with Crippen molar-refractivity contribution in [3.63, 3.8) is 0 Å². The number of rotatable bonds is 4. The largest absolute Gasteiger partial charge is 0.375 e. The number of thioether (sulfide) groups is 1. The molecule has 0 radical (unpaired) electrons. The minimum absolute atomic E-state index is 0.691. The first kappa shape index (κ1) is 12.2. The molecule has 0 aliphatic carbocycles. The zero-order valence-corrected chi connectivity index (χ0v) is 11.3. The summed E-state index contributed by atoms with van der Waals surface area (Å²) in [5.41, 5.74) is 6.76. The Hall–Kier alpha value is -0.260. The standard InChI is InChI=1S/C11H19N3S2/c1-8-10(16-11(12)14-8)15-7-5-9-4-2-3-6-13-9/h9,13H,2-7H2,1H3,(H2,12,14). The summed E-state index contributed by atoms with van der Waals surface area (Å²) < 4.78 is 1.29. The average Bonchev–Trinajstić information content (AvgIpc) is 2.59. The van der Waals surface area contributed by atoms with Crippen LogP contribution in [0.25, 0.3) is 0 Å². The van der Waals surface area contributed by atoms with Crippen LogP contribution in [-0.2, 0) is 0 Å². The van der Waals surface area contributed by atoms with E-state index < -0.39 is 0 Å². The summed E-state index contributed by atoms with van der Waals surface area (Å²) in [6.07, 6.45) is 5.31. The lowest BCUT2D eigenvalue weighted by atomic mass is 10.0. The Balaban J connectivity index is 1.73. The van der Waals surface area contributed by atoms with Gasteiger partial charge in [-0.05, 0) is 32.7 Å².